The maximum absolute atomic E-state index is 12.7. The van der Waals surface area contributed by atoms with Crippen molar-refractivity contribution < 1.29 is 9.59 Å². The van der Waals surface area contributed by atoms with Gasteiger partial charge in [0.1, 0.15) is 12.1 Å². The van der Waals surface area contributed by atoms with E-state index in [1.807, 2.05) is 48.5 Å². The van der Waals surface area contributed by atoms with Gasteiger partial charge in [0.25, 0.3) is 5.91 Å². The number of carbonyl (C=O) groups is 2. The minimum atomic E-state index is -0.911. The first-order chi connectivity index (χ1) is 12.6. The first kappa shape index (κ1) is 17.7. The number of amides is 2. The number of hydrogen-bond acceptors (Lipinski definition) is 3. The number of rotatable bonds is 5. The maximum atomic E-state index is 12.7. The van der Waals surface area contributed by atoms with Gasteiger partial charge in [0.2, 0.25) is 5.91 Å². The van der Waals surface area contributed by atoms with Crippen molar-refractivity contribution in [3.8, 4) is 17.2 Å². The lowest BCUT2D eigenvalue weighted by Crippen LogP contribution is -2.57. The Balaban J connectivity index is 1.74. The summed E-state index contributed by atoms with van der Waals surface area (Å²) < 4.78 is 0. The molecule has 3 rings (SSSR count). The number of benzene rings is 2. The molecule has 0 aromatic heterocycles. The van der Waals surface area contributed by atoms with Crippen LogP contribution >= 0.6 is 0 Å². The molecule has 1 saturated carbocycles. The molecule has 1 fully saturated rings. The summed E-state index contributed by atoms with van der Waals surface area (Å²) in [6, 6.07) is 19.2. The van der Waals surface area contributed by atoms with Gasteiger partial charge in [0.05, 0.1) is 6.07 Å². The Morgan fingerprint density at radius 3 is 2.19 bits per heavy atom. The van der Waals surface area contributed by atoms with E-state index in [0.29, 0.717) is 18.4 Å². The number of nitrogens with zero attached hydrogens (tertiary/aromatic N) is 1. The Kier molecular flexibility index (Phi) is 5.33. The Morgan fingerprint density at radius 1 is 0.962 bits per heavy atom. The average Bonchev–Trinajstić information content (AvgIpc) is 3.16. The van der Waals surface area contributed by atoms with Gasteiger partial charge in [-0.15, -0.1) is 0 Å². The van der Waals surface area contributed by atoms with Crippen molar-refractivity contribution in [1.82, 2.24) is 10.6 Å². The zero-order valence-corrected chi connectivity index (χ0v) is 14.5. The molecule has 0 unspecified atom stereocenters. The summed E-state index contributed by atoms with van der Waals surface area (Å²) in [5, 5.41) is 14.2. The van der Waals surface area contributed by atoms with Gasteiger partial charge in [-0.3, -0.25) is 9.59 Å². The van der Waals surface area contributed by atoms with Crippen LogP contribution in [0.2, 0.25) is 0 Å². The molecule has 26 heavy (non-hydrogen) atoms. The number of nitrogens with one attached hydrogen (secondary N) is 2. The highest BCUT2D eigenvalue weighted by Gasteiger charge is 2.42. The molecular formula is C21H21N3O2. The van der Waals surface area contributed by atoms with Crippen LogP contribution in [0.1, 0.15) is 36.0 Å². The van der Waals surface area contributed by atoms with Gasteiger partial charge in [0, 0.05) is 5.56 Å². The monoisotopic (exact) mass is 347 g/mol. The molecule has 0 aliphatic heterocycles. The smallest absolute Gasteiger partial charge is 0.252 e. The van der Waals surface area contributed by atoms with Crippen molar-refractivity contribution in [2.75, 3.05) is 6.54 Å². The predicted octanol–water partition coefficient (Wildman–Crippen LogP) is 3.04. The highest BCUT2D eigenvalue weighted by atomic mass is 16.2. The molecule has 0 heterocycles. The summed E-state index contributed by atoms with van der Waals surface area (Å²) in [5.41, 5.74) is 1.72. The van der Waals surface area contributed by atoms with E-state index in [9.17, 15) is 9.59 Å². The molecule has 0 spiro atoms. The molecule has 5 heteroatoms. The lowest BCUT2D eigenvalue weighted by Gasteiger charge is -2.28. The SMILES string of the molecule is N#CCNC(=O)C1(NC(=O)c2ccc(-c3ccccc3)cc2)CCCC1. The molecule has 132 valence electrons. The van der Waals surface area contributed by atoms with Crippen molar-refractivity contribution in [3.63, 3.8) is 0 Å². The van der Waals surface area contributed by atoms with Crippen LogP contribution in [-0.4, -0.2) is 23.9 Å². The summed E-state index contributed by atoms with van der Waals surface area (Å²) in [6.45, 7) is -0.0533. The van der Waals surface area contributed by atoms with Gasteiger partial charge in [-0.2, -0.15) is 5.26 Å². The van der Waals surface area contributed by atoms with E-state index in [2.05, 4.69) is 10.6 Å². The average molecular weight is 347 g/mol. The molecule has 0 bridgehead atoms. The van der Waals surface area contributed by atoms with Gasteiger partial charge in [-0.25, -0.2) is 0 Å². The van der Waals surface area contributed by atoms with Gasteiger partial charge in [-0.05, 0) is 36.1 Å². The minimum Gasteiger partial charge on any atom is -0.341 e. The van der Waals surface area contributed by atoms with E-state index < -0.39 is 5.54 Å². The molecule has 1 aliphatic rings. The van der Waals surface area contributed by atoms with Crippen LogP contribution in [0.25, 0.3) is 11.1 Å². The van der Waals surface area contributed by atoms with Crippen molar-refractivity contribution in [3.05, 3.63) is 60.2 Å². The summed E-state index contributed by atoms with van der Waals surface area (Å²) in [4.78, 5) is 25.1. The van der Waals surface area contributed by atoms with Gasteiger partial charge in [-0.1, -0.05) is 55.3 Å². The van der Waals surface area contributed by atoms with Crippen LogP contribution in [0.4, 0.5) is 0 Å². The standard InChI is InChI=1S/C21H21N3O2/c22-14-15-23-20(26)21(12-4-5-13-21)24-19(25)18-10-8-17(9-11-18)16-6-2-1-3-7-16/h1-3,6-11H,4-5,12-13,15H2,(H,23,26)(H,24,25). The van der Waals surface area contributed by atoms with E-state index in [0.717, 1.165) is 24.0 Å². The lowest BCUT2D eigenvalue weighted by molar-refractivity contribution is -0.126. The molecular weight excluding hydrogens is 326 g/mol. The first-order valence-electron chi connectivity index (χ1n) is 8.78. The Morgan fingerprint density at radius 2 is 1.58 bits per heavy atom. The van der Waals surface area contributed by atoms with Crippen molar-refractivity contribution in [2.45, 2.75) is 31.2 Å². The van der Waals surface area contributed by atoms with Crippen molar-refractivity contribution in [2.24, 2.45) is 0 Å². The molecule has 5 nitrogen and oxygen atoms in total. The quantitative estimate of drug-likeness (QED) is 0.816. The third-order valence-electron chi connectivity index (χ3n) is 4.83. The summed E-state index contributed by atoms with van der Waals surface area (Å²) in [7, 11) is 0. The third kappa shape index (κ3) is 3.75. The highest BCUT2D eigenvalue weighted by molar-refractivity contribution is 5.99. The summed E-state index contributed by atoms with van der Waals surface area (Å²) in [5.74, 6) is -0.538. The summed E-state index contributed by atoms with van der Waals surface area (Å²) in [6.07, 6.45) is 2.95. The second-order valence-electron chi connectivity index (χ2n) is 6.53. The second kappa shape index (κ2) is 7.83. The normalized spacial score (nSPS) is 15.0. The molecule has 0 radical (unpaired) electrons. The van der Waals surface area contributed by atoms with Gasteiger partial charge < -0.3 is 10.6 Å². The van der Waals surface area contributed by atoms with Crippen LogP contribution in [0.3, 0.4) is 0 Å². The third-order valence-corrected chi connectivity index (χ3v) is 4.83. The summed E-state index contributed by atoms with van der Waals surface area (Å²) >= 11 is 0. The topological polar surface area (TPSA) is 82.0 Å². The molecule has 2 aromatic rings. The number of nitriles is 1. The van der Waals surface area contributed by atoms with E-state index in [1.165, 1.54) is 0 Å². The molecule has 1 aliphatic carbocycles. The highest BCUT2D eigenvalue weighted by Crippen LogP contribution is 2.30. The van der Waals surface area contributed by atoms with E-state index in [4.69, 9.17) is 5.26 Å². The second-order valence-corrected chi connectivity index (χ2v) is 6.53. The van der Waals surface area contributed by atoms with Crippen molar-refractivity contribution >= 4 is 11.8 Å². The first-order valence-corrected chi connectivity index (χ1v) is 8.78. The maximum Gasteiger partial charge on any atom is 0.252 e. The molecule has 2 N–H and O–H groups in total. The Bertz CT molecular complexity index is 817. The fraction of sp³-hybridized carbons (Fsp3) is 0.286. The van der Waals surface area contributed by atoms with Crippen molar-refractivity contribution in [1.29, 1.82) is 5.26 Å². The fourth-order valence-electron chi connectivity index (χ4n) is 3.41. The van der Waals surface area contributed by atoms with Gasteiger partial charge in [0.15, 0.2) is 0 Å². The molecule has 2 amide bonds. The van der Waals surface area contributed by atoms with E-state index in [1.54, 1.807) is 12.1 Å². The Labute approximate surface area is 153 Å². The van der Waals surface area contributed by atoms with E-state index >= 15 is 0 Å². The fourth-order valence-corrected chi connectivity index (χ4v) is 3.41. The lowest BCUT2D eigenvalue weighted by atomic mass is 9.95. The largest absolute Gasteiger partial charge is 0.341 e. The van der Waals surface area contributed by atoms with Crippen LogP contribution in [0, 0.1) is 11.3 Å². The number of carbonyl (C=O) groups excluding carboxylic acids is 2. The molecule has 0 saturated heterocycles. The van der Waals surface area contributed by atoms with Crippen LogP contribution in [0.5, 0.6) is 0 Å². The van der Waals surface area contributed by atoms with Gasteiger partial charge >= 0.3 is 0 Å². The predicted molar refractivity (Wildman–Crippen MR) is 99.2 cm³/mol. The zero-order chi connectivity index (χ0) is 18.4. The van der Waals surface area contributed by atoms with Crippen LogP contribution in [0.15, 0.2) is 54.6 Å². The molecule has 2 aromatic carbocycles. The zero-order valence-electron chi connectivity index (χ0n) is 14.5. The minimum absolute atomic E-state index is 0.0533. The molecule has 0 atom stereocenters. The van der Waals surface area contributed by atoms with Crippen LogP contribution < -0.4 is 10.6 Å². The Hall–Kier alpha value is -3.13. The van der Waals surface area contributed by atoms with Crippen LogP contribution in [-0.2, 0) is 4.79 Å². The van der Waals surface area contributed by atoms with E-state index in [-0.39, 0.29) is 18.4 Å². The number of hydrogen-bond donors (Lipinski definition) is 2.